The van der Waals surface area contributed by atoms with Crippen LogP contribution >= 0.6 is 0 Å². The molecule has 2 nitrogen and oxygen atoms in total. The van der Waals surface area contributed by atoms with E-state index in [1.807, 2.05) is 12.1 Å². The molecule has 0 radical (unpaired) electrons. The summed E-state index contributed by atoms with van der Waals surface area (Å²) < 4.78 is 1.57. The quantitative estimate of drug-likeness (QED) is 0.261. The summed E-state index contributed by atoms with van der Waals surface area (Å²) in [5.41, 5.74) is 6.18. The third-order valence-electron chi connectivity index (χ3n) is 6.47. The Bertz CT molecular complexity index is 1200. The van der Waals surface area contributed by atoms with Crippen molar-refractivity contribution in [1.29, 1.82) is 0 Å². The number of hydrogen-bond donors (Lipinski definition) is 0. The number of para-hydroxylation sites is 2. The van der Waals surface area contributed by atoms with Crippen LogP contribution in [-0.2, 0) is 20.9 Å². The predicted octanol–water partition coefficient (Wildman–Crippen LogP) is 6.64. The monoisotopic (exact) mass is 565 g/mol. The van der Waals surface area contributed by atoms with Crippen molar-refractivity contribution in [2.45, 2.75) is 20.3 Å². The molecule has 2 unspecified atom stereocenters. The number of rotatable bonds is 3. The molecule has 0 bridgehead atoms. The van der Waals surface area contributed by atoms with Crippen LogP contribution in [0.3, 0.4) is 0 Å². The third kappa shape index (κ3) is 6.63. The first kappa shape index (κ1) is 26.1. The molecule has 0 amide bonds. The van der Waals surface area contributed by atoms with Gasteiger partial charge in [-0.05, 0) is 0 Å². The van der Waals surface area contributed by atoms with E-state index in [-0.39, 0.29) is 11.5 Å². The van der Waals surface area contributed by atoms with E-state index in [1.54, 1.807) is 35.4 Å². The van der Waals surface area contributed by atoms with Gasteiger partial charge in [-0.1, -0.05) is 60.7 Å². The second kappa shape index (κ2) is 12.9. The number of fused-ring (bicyclic) bond motifs is 2. The summed E-state index contributed by atoms with van der Waals surface area (Å²) in [6.07, 6.45) is 9.84. The van der Waals surface area contributed by atoms with Crippen LogP contribution in [0.4, 0.5) is 0 Å². The van der Waals surface area contributed by atoms with Gasteiger partial charge in [0.25, 0.3) is 0 Å². The maximum atomic E-state index is 10.3. The summed E-state index contributed by atoms with van der Waals surface area (Å²) in [4.78, 5) is 0. The zero-order valence-electron chi connectivity index (χ0n) is 20.8. The largest absolute Gasteiger partial charge is 0.872 e. The van der Waals surface area contributed by atoms with Gasteiger partial charge in [0.1, 0.15) is 0 Å². The molecule has 2 aliphatic carbocycles. The van der Waals surface area contributed by atoms with E-state index in [0.717, 1.165) is 7.25 Å². The SMILES string of the molecule is C[SiH](C)[Zr+2]([CH]1C=Cc2ccccc21)[CH]1C=Cc2ccccc21.[O-]c1ccccc1.[O-]c1ccccc1. The van der Waals surface area contributed by atoms with Gasteiger partial charge in [0.15, 0.2) is 0 Å². The summed E-state index contributed by atoms with van der Waals surface area (Å²) in [7, 11) is 0. The molecule has 4 heteroatoms. The van der Waals surface area contributed by atoms with Crippen LogP contribution in [0.5, 0.6) is 11.5 Å². The van der Waals surface area contributed by atoms with Crippen LogP contribution < -0.4 is 10.2 Å². The first-order valence-electron chi connectivity index (χ1n) is 12.4. The van der Waals surface area contributed by atoms with Crippen molar-refractivity contribution in [3.8, 4) is 11.5 Å². The van der Waals surface area contributed by atoms with Crippen LogP contribution in [0.25, 0.3) is 12.2 Å². The van der Waals surface area contributed by atoms with E-state index in [4.69, 9.17) is 0 Å². The van der Waals surface area contributed by atoms with Crippen molar-refractivity contribution in [3.05, 3.63) is 144 Å². The number of hydrogen-bond acceptors (Lipinski definition) is 2. The van der Waals surface area contributed by atoms with E-state index < -0.39 is 26.8 Å². The molecule has 0 N–H and O–H groups in total. The summed E-state index contributed by atoms with van der Waals surface area (Å²) in [6.45, 7) is 5.19. The summed E-state index contributed by atoms with van der Waals surface area (Å²) in [5.74, 6) is -0.472. The first-order chi connectivity index (χ1) is 17.5. The van der Waals surface area contributed by atoms with Gasteiger partial charge in [0, 0.05) is 0 Å². The topological polar surface area (TPSA) is 46.1 Å². The van der Waals surface area contributed by atoms with E-state index in [1.165, 1.54) is 35.4 Å². The van der Waals surface area contributed by atoms with Gasteiger partial charge >= 0.3 is 142 Å². The molecule has 6 rings (SSSR count). The maximum Gasteiger partial charge on any atom is -0.0623 e. The minimum atomic E-state index is -1.62. The number of allylic oxidation sites excluding steroid dienone is 2. The molecule has 4 aromatic rings. The van der Waals surface area contributed by atoms with E-state index in [0.29, 0.717) is 0 Å². The van der Waals surface area contributed by atoms with E-state index in [2.05, 4.69) is 85.9 Å². The molecule has 0 aromatic heterocycles. The molecular formula is C32H31O2SiZr. The zero-order valence-corrected chi connectivity index (χ0v) is 24.4. The van der Waals surface area contributed by atoms with Crippen molar-refractivity contribution in [2.75, 3.05) is 0 Å². The maximum absolute atomic E-state index is 10.3. The Morgan fingerprint density at radius 3 is 1.22 bits per heavy atom. The van der Waals surface area contributed by atoms with Gasteiger partial charge in [-0.3, -0.25) is 0 Å². The van der Waals surface area contributed by atoms with Gasteiger partial charge in [0.05, 0.1) is 0 Å². The van der Waals surface area contributed by atoms with Gasteiger partial charge in [-0.15, -0.1) is 11.5 Å². The molecule has 0 heterocycles. The molecule has 2 atom stereocenters. The molecule has 0 aliphatic heterocycles. The minimum Gasteiger partial charge on any atom is -0.872 e. The van der Waals surface area contributed by atoms with Crippen molar-refractivity contribution < 1.29 is 31.1 Å². The molecule has 4 aromatic carbocycles. The van der Waals surface area contributed by atoms with Crippen LogP contribution in [0.1, 0.15) is 29.5 Å². The van der Waals surface area contributed by atoms with Gasteiger partial charge in [0.2, 0.25) is 0 Å². The average molecular weight is 567 g/mol. The van der Waals surface area contributed by atoms with Crippen molar-refractivity contribution in [1.82, 2.24) is 0 Å². The fourth-order valence-electron chi connectivity index (χ4n) is 4.83. The van der Waals surface area contributed by atoms with E-state index in [9.17, 15) is 10.2 Å². The van der Waals surface area contributed by atoms with Gasteiger partial charge in [-0.2, -0.15) is 0 Å². The van der Waals surface area contributed by atoms with Gasteiger partial charge in [-0.25, -0.2) is 0 Å². The fraction of sp³-hybridized carbons (Fsp3) is 0.125. The Balaban J connectivity index is 0.000000177. The Morgan fingerprint density at radius 2 is 0.889 bits per heavy atom. The predicted molar refractivity (Wildman–Crippen MR) is 147 cm³/mol. The molecule has 179 valence electrons. The van der Waals surface area contributed by atoms with Crippen molar-refractivity contribution in [3.63, 3.8) is 0 Å². The summed E-state index contributed by atoms with van der Waals surface area (Å²) in [6, 6.07) is 34.8. The summed E-state index contributed by atoms with van der Waals surface area (Å²) >= 11 is -1.62. The smallest absolute Gasteiger partial charge is 0.0623 e. The van der Waals surface area contributed by atoms with Crippen molar-refractivity contribution in [2.24, 2.45) is 0 Å². The van der Waals surface area contributed by atoms with Crippen LogP contribution in [0.15, 0.2) is 121 Å². The number of benzene rings is 4. The molecule has 0 spiro atoms. The minimum absolute atomic E-state index is 0.0718. The average Bonchev–Trinajstić information content (AvgIpc) is 3.51. The molecular weight excluding hydrogens is 536 g/mol. The normalized spacial score (nSPS) is 16.3. The Labute approximate surface area is 223 Å². The summed E-state index contributed by atoms with van der Waals surface area (Å²) in [5, 5.41) is 20.5. The Hall–Kier alpha value is -2.94. The second-order valence-corrected chi connectivity index (χ2v) is 29.5. The van der Waals surface area contributed by atoms with Crippen LogP contribution in [0, 0.1) is 0 Å². The van der Waals surface area contributed by atoms with E-state index >= 15 is 0 Å². The van der Waals surface area contributed by atoms with Gasteiger partial charge < -0.3 is 10.2 Å². The standard InChI is InChI=1S/2C9H7.2C6H6O.C2H7Si.Zr/c2*1-2-5-9-7-3-6-8(9)4-1;2*7-6-4-2-1-3-5-6;1-3-2;/h2*1-7H;2*1-5,7H;3H,1-2H3;/q;;;;;+2/p-2. The Morgan fingerprint density at radius 1 is 0.528 bits per heavy atom. The molecule has 0 fully saturated rings. The molecule has 2 aliphatic rings. The molecule has 0 saturated heterocycles. The van der Waals surface area contributed by atoms with Crippen LogP contribution in [0.2, 0.25) is 13.1 Å². The Kier molecular flexibility index (Phi) is 9.33. The fourth-order valence-corrected chi connectivity index (χ4v) is 25.9. The second-order valence-electron chi connectivity index (χ2n) is 9.21. The molecule has 0 saturated carbocycles. The first-order valence-corrected chi connectivity index (χ1v) is 22.4. The van der Waals surface area contributed by atoms with Crippen LogP contribution in [-0.4, -0.2) is 5.92 Å². The molecule has 36 heavy (non-hydrogen) atoms. The zero-order chi connectivity index (χ0) is 25.3. The third-order valence-corrected chi connectivity index (χ3v) is 27.9. The van der Waals surface area contributed by atoms with Crippen molar-refractivity contribution >= 4 is 18.1 Å².